The van der Waals surface area contributed by atoms with Crippen LogP contribution in [0.15, 0.2) is 6.20 Å². The smallest absolute Gasteiger partial charge is 0.214 e. The Kier molecular flexibility index (Phi) is 3.90. The maximum absolute atomic E-state index is 11.4. The van der Waals surface area contributed by atoms with Crippen LogP contribution in [-0.2, 0) is 10.0 Å². The van der Waals surface area contributed by atoms with Crippen molar-refractivity contribution in [3.05, 3.63) is 9.90 Å². The van der Waals surface area contributed by atoms with Crippen LogP contribution in [0.4, 0.5) is 5.13 Å². The summed E-state index contributed by atoms with van der Waals surface area (Å²) >= 11 is 3.67. The lowest BCUT2D eigenvalue weighted by molar-refractivity contribution is 0.332. The molecule has 0 bridgehead atoms. The van der Waals surface area contributed by atoms with E-state index in [9.17, 15) is 8.42 Å². The Morgan fingerprint density at radius 2 is 2.15 bits per heavy atom. The molecule has 0 spiro atoms. The second-order valence-electron chi connectivity index (χ2n) is 4.78. The van der Waals surface area contributed by atoms with E-state index in [4.69, 9.17) is 0 Å². The Bertz CT molecular complexity index is 686. The predicted octanol–water partition coefficient (Wildman–Crippen LogP) is 1.23. The Labute approximate surface area is 134 Å². The van der Waals surface area contributed by atoms with Gasteiger partial charge in [-0.3, -0.25) is 0 Å². The molecule has 1 saturated heterocycles. The SMILES string of the molecule is CS(=O)(=O)N1CCC(Nc2nn3cc(I)nc3s2)CC1. The Morgan fingerprint density at radius 1 is 1.45 bits per heavy atom. The van der Waals surface area contributed by atoms with Gasteiger partial charge in [0.25, 0.3) is 0 Å². The first-order valence-electron chi connectivity index (χ1n) is 6.15. The highest BCUT2D eigenvalue weighted by atomic mass is 127. The zero-order valence-electron chi connectivity index (χ0n) is 10.8. The average molecular weight is 427 g/mol. The minimum Gasteiger partial charge on any atom is -0.357 e. The van der Waals surface area contributed by atoms with Crippen molar-refractivity contribution >= 4 is 54.0 Å². The number of imidazole rings is 1. The molecule has 10 heteroatoms. The van der Waals surface area contributed by atoms with Crippen molar-refractivity contribution in [3.8, 4) is 0 Å². The number of hydrogen-bond acceptors (Lipinski definition) is 6. The molecule has 0 radical (unpaired) electrons. The zero-order chi connectivity index (χ0) is 14.3. The molecule has 0 unspecified atom stereocenters. The number of rotatable bonds is 3. The lowest BCUT2D eigenvalue weighted by atomic mass is 10.1. The van der Waals surface area contributed by atoms with Gasteiger partial charge in [0.2, 0.25) is 20.1 Å². The van der Waals surface area contributed by atoms with Crippen LogP contribution in [0.25, 0.3) is 4.96 Å². The molecule has 110 valence electrons. The summed E-state index contributed by atoms with van der Waals surface area (Å²) < 4.78 is 27.1. The Hall–Kier alpha value is -0.460. The molecule has 1 fully saturated rings. The molecule has 1 N–H and O–H groups in total. The third kappa shape index (κ3) is 3.07. The summed E-state index contributed by atoms with van der Waals surface area (Å²) in [4.78, 5) is 5.22. The third-order valence-electron chi connectivity index (χ3n) is 3.26. The van der Waals surface area contributed by atoms with Crippen molar-refractivity contribution in [2.75, 3.05) is 24.7 Å². The topological polar surface area (TPSA) is 79.6 Å². The van der Waals surface area contributed by atoms with Gasteiger partial charge >= 0.3 is 0 Å². The fourth-order valence-electron chi connectivity index (χ4n) is 2.24. The van der Waals surface area contributed by atoms with Gasteiger partial charge in [-0.2, -0.15) is 0 Å². The Morgan fingerprint density at radius 3 is 2.75 bits per heavy atom. The van der Waals surface area contributed by atoms with E-state index in [1.54, 1.807) is 4.52 Å². The van der Waals surface area contributed by atoms with Crippen molar-refractivity contribution in [2.24, 2.45) is 0 Å². The zero-order valence-corrected chi connectivity index (χ0v) is 14.6. The molecule has 3 heterocycles. The molecule has 3 rings (SSSR count). The molecule has 0 aliphatic carbocycles. The van der Waals surface area contributed by atoms with Crippen LogP contribution in [0, 0.1) is 3.70 Å². The van der Waals surface area contributed by atoms with Crippen LogP contribution in [0.1, 0.15) is 12.8 Å². The largest absolute Gasteiger partial charge is 0.357 e. The van der Waals surface area contributed by atoms with Gasteiger partial charge in [0.15, 0.2) is 0 Å². The second kappa shape index (κ2) is 5.39. The van der Waals surface area contributed by atoms with Crippen molar-refractivity contribution in [2.45, 2.75) is 18.9 Å². The fraction of sp³-hybridized carbons (Fsp3) is 0.600. The quantitative estimate of drug-likeness (QED) is 0.746. The van der Waals surface area contributed by atoms with Crippen LogP contribution < -0.4 is 5.32 Å². The number of nitrogens with one attached hydrogen (secondary N) is 1. The fourth-order valence-corrected chi connectivity index (χ4v) is 4.63. The number of anilines is 1. The maximum Gasteiger partial charge on any atom is 0.214 e. The number of piperidine rings is 1. The van der Waals surface area contributed by atoms with Gasteiger partial charge in [0.05, 0.1) is 12.5 Å². The van der Waals surface area contributed by atoms with Crippen molar-refractivity contribution in [1.82, 2.24) is 18.9 Å². The van der Waals surface area contributed by atoms with Gasteiger partial charge in [-0.05, 0) is 35.4 Å². The number of nitrogens with zero attached hydrogens (tertiary/aromatic N) is 4. The van der Waals surface area contributed by atoms with Crippen LogP contribution in [0.2, 0.25) is 0 Å². The molecule has 0 aromatic carbocycles. The van der Waals surface area contributed by atoms with Gasteiger partial charge < -0.3 is 5.32 Å². The van der Waals surface area contributed by atoms with Gasteiger partial charge in [-0.1, -0.05) is 11.3 Å². The highest BCUT2D eigenvalue weighted by Crippen LogP contribution is 2.23. The average Bonchev–Trinajstić information content (AvgIpc) is 2.85. The summed E-state index contributed by atoms with van der Waals surface area (Å²) in [7, 11) is -3.06. The minimum absolute atomic E-state index is 0.267. The van der Waals surface area contributed by atoms with Gasteiger partial charge in [0.1, 0.15) is 3.70 Å². The second-order valence-corrected chi connectivity index (χ2v) is 8.82. The highest BCUT2D eigenvalue weighted by Gasteiger charge is 2.25. The molecular weight excluding hydrogens is 413 g/mol. The molecule has 2 aromatic rings. The summed E-state index contributed by atoms with van der Waals surface area (Å²) in [6.45, 7) is 1.13. The van der Waals surface area contributed by atoms with Gasteiger partial charge in [-0.25, -0.2) is 22.2 Å². The summed E-state index contributed by atoms with van der Waals surface area (Å²) in [5.74, 6) is 0. The number of aromatic nitrogens is 3. The van der Waals surface area contributed by atoms with Crippen molar-refractivity contribution < 1.29 is 8.42 Å². The standard InChI is InChI=1S/C10H14IN5O2S2/c1-20(17,18)15-4-2-7(3-5-15)12-9-14-16-6-8(11)13-10(16)19-9/h6-7H,2-5H2,1H3,(H,12,14). The van der Waals surface area contributed by atoms with Crippen molar-refractivity contribution in [1.29, 1.82) is 0 Å². The lowest BCUT2D eigenvalue weighted by Gasteiger charge is -2.30. The summed E-state index contributed by atoms with van der Waals surface area (Å²) in [5, 5.41) is 8.63. The molecule has 1 aliphatic heterocycles. The number of fused-ring (bicyclic) bond motifs is 1. The molecule has 20 heavy (non-hydrogen) atoms. The highest BCUT2D eigenvalue weighted by molar-refractivity contribution is 14.1. The molecule has 0 atom stereocenters. The lowest BCUT2D eigenvalue weighted by Crippen LogP contribution is -2.41. The van der Waals surface area contributed by atoms with E-state index >= 15 is 0 Å². The summed E-state index contributed by atoms with van der Waals surface area (Å²) in [6, 6.07) is 0.267. The molecule has 1 aliphatic rings. The van der Waals surface area contributed by atoms with Crippen LogP contribution in [-0.4, -0.2) is 52.7 Å². The van der Waals surface area contributed by atoms with E-state index in [2.05, 4.69) is 38.0 Å². The third-order valence-corrected chi connectivity index (χ3v) is 5.94. The minimum atomic E-state index is -3.06. The summed E-state index contributed by atoms with van der Waals surface area (Å²) in [6.07, 6.45) is 4.74. The van der Waals surface area contributed by atoms with E-state index in [0.29, 0.717) is 13.1 Å². The van der Waals surface area contributed by atoms with E-state index in [0.717, 1.165) is 26.6 Å². The van der Waals surface area contributed by atoms with E-state index in [1.165, 1.54) is 21.9 Å². The van der Waals surface area contributed by atoms with E-state index < -0.39 is 10.0 Å². The number of halogens is 1. The normalized spacial score (nSPS) is 18.7. The molecule has 0 amide bonds. The molecule has 0 saturated carbocycles. The van der Waals surface area contributed by atoms with Gasteiger partial charge in [-0.15, -0.1) is 5.10 Å². The monoisotopic (exact) mass is 427 g/mol. The van der Waals surface area contributed by atoms with Crippen LogP contribution in [0.3, 0.4) is 0 Å². The maximum atomic E-state index is 11.4. The molecule has 7 nitrogen and oxygen atoms in total. The van der Waals surface area contributed by atoms with Gasteiger partial charge in [0, 0.05) is 19.1 Å². The van der Waals surface area contributed by atoms with Crippen LogP contribution in [0.5, 0.6) is 0 Å². The first-order chi connectivity index (χ1) is 9.41. The van der Waals surface area contributed by atoms with E-state index in [-0.39, 0.29) is 6.04 Å². The number of sulfonamides is 1. The molecular formula is C10H14IN5O2S2. The number of hydrogen-bond donors (Lipinski definition) is 1. The summed E-state index contributed by atoms with van der Waals surface area (Å²) in [5.41, 5.74) is 0. The van der Waals surface area contributed by atoms with Crippen molar-refractivity contribution in [3.63, 3.8) is 0 Å². The van der Waals surface area contributed by atoms with E-state index in [1.807, 2.05) is 6.20 Å². The molecule has 2 aromatic heterocycles. The first kappa shape index (κ1) is 14.5. The predicted molar refractivity (Wildman–Crippen MR) is 86.6 cm³/mol. The Balaban J connectivity index is 1.63. The van der Waals surface area contributed by atoms with Crippen LogP contribution >= 0.6 is 33.9 Å². The first-order valence-corrected chi connectivity index (χ1v) is 9.89.